The van der Waals surface area contributed by atoms with Crippen molar-refractivity contribution < 1.29 is 23.2 Å². The van der Waals surface area contributed by atoms with Crippen molar-refractivity contribution in [3.63, 3.8) is 0 Å². The Morgan fingerprint density at radius 2 is 2.10 bits per heavy atom. The highest BCUT2D eigenvalue weighted by Gasteiger charge is 2.37. The Kier molecular flexibility index (Phi) is 3.91. The van der Waals surface area contributed by atoms with E-state index in [9.17, 15) is 23.7 Å². The standard InChI is InChI=1S/C13H14F2N2O4/c1-13(2)7-21-4-3-16(13)12(18)9-5-8(14)6-10(11(9)15)17(19)20/h5-6H,3-4,7H2,1-2H3. The van der Waals surface area contributed by atoms with Gasteiger partial charge in [-0.25, -0.2) is 4.39 Å². The average Bonchev–Trinajstić information content (AvgIpc) is 2.39. The van der Waals surface area contributed by atoms with Crippen LogP contribution in [-0.4, -0.2) is 41.0 Å². The summed E-state index contributed by atoms with van der Waals surface area (Å²) in [5, 5.41) is 10.7. The third kappa shape index (κ3) is 2.85. The van der Waals surface area contributed by atoms with E-state index in [4.69, 9.17) is 4.74 Å². The number of hydrogen-bond donors (Lipinski definition) is 0. The Bertz CT molecular complexity index is 604. The Morgan fingerprint density at radius 3 is 2.67 bits per heavy atom. The lowest BCUT2D eigenvalue weighted by Crippen LogP contribution is -2.55. The van der Waals surface area contributed by atoms with Crippen LogP contribution in [0.1, 0.15) is 24.2 Å². The van der Waals surface area contributed by atoms with Gasteiger partial charge in [-0.05, 0) is 19.9 Å². The van der Waals surface area contributed by atoms with Crippen LogP contribution in [0.5, 0.6) is 0 Å². The van der Waals surface area contributed by atoms with Gasteiger partial charge in [0.2, 0.25) is 5.82 Å². The van der Waals surface area contributed by atoms with Gasteiger partial charge in [-0.2, -0.15) is 4.39 Å². The van der Waals surface area contributed by atoms with E-state index in [1.165, 1.54) is 4.90 Å². The van der Waals surface area contributed by atoms with Crippen molar-refractivity contribution >= 4 is 11.6 Å². The topological polar surface area (TPSA) is 72.7 Å². The third-order valence-electron chi connectivity index (χ3n) is 3.34. The van der Waals surface area contributed by atoms with E-state index in [0.717, 1.165) is 0 Å². The fourth-order valence-electron chi connectivity index (χ4n) is 2.24. The number of amides is 1. The number of rotatable bonds is 2. The molecule has 0 unspecified atom stereocenters. The van der Waals surface area contributed by atoms with Crippen LogP contribution in [0.2, 0.25) is 0 Å². The van der Waals surface area contributed by atoms with Crippen molar-refractivity contribution in [3.8, 4) is 0 Å². The molecule has 1 fully saturated rings. The monoisotopic (exact) mass is 300 g/mol. The first-order valence-electron chi connectivity index (χ1n) is 6.27. The van der Waals surface area contributed by atoms with E-state index in [0.29, 0.717) is 12.1 Å². The number of carbonyl (C=O) groups is 1. The second kappa shape index (κ2) is 5.36. The molecule has 0 aliphatic carbocycles. The highest BCUT2D eigenvalue weighted by Crippen LogP contribution is 2.27. The van der Waals surface area contributed by atoms with Crippen molar-refractivity contribution in [1.29, 1.82) is 0 Å². The van der Waals surface area contributed by atoms with Gasteiger partial charge in [0.05, 0.1) is 35.3 Å². The first-order chi connectivity index (χ1) is 9.74. The molecule has 0 atom stereocenters. The maximum Gasteiger partial charge on any atom is 0.308 e. The molecule has 0 spiro atoms. The zero-order chi connectivity index (χ0) is 15.8. The minimum atomic E-state index is -1.33. The van der Waals surface area contributed by atoms with Gasteiger partial charge in [0.15, 0.2) is 0 Å². The zero-order valence-electron chi connectivity index (χ0n) is 11.6. The molecule has 21 heavy (non-hydrogen) atoms. The highest BCUT2D eigenvalue weighted by molar-refractivity contribution is 5.95. The lowest BCUT2D eigenvalue weighted by Gasteiger charge is -2.42. The second-order valence-corrected chi connectivity index (χ2v) is 5.37. The number of morpholine rings is 1. The van der Waals surface area contributed by atoms with Crippen molar-refractivity contribution in [2.45, 2.75) is 19.4 Å². The molecule has 8 heteroatoms. The lowest BCUT2D eigenvalue weighted by molar-refractivity contribution is -0.387. The maximum atomic E-state index is 14.1. The second-order valence-electron chi connectivity index (χ2n) is 5.37. The first-order valence-corrected chi connectivity index (χ1v) is 6.27. The van der Waals surface area contributed by atoms with Crippen molar-refractivity contribution in [3.05, 3.63) is 39.4 Å². The van der Waals surface area contributed by atoms with E-state index in [-0.39, 0.29) is 19.8 Å². The number of benzene rings is 1. The molecule has 1 aliphatic rings. The van der Waals surface area contributed by atoms with Crippen LogP contribution >= 0.6 is 0 Å². The van der Waals surface area contributed by atoms with E-state index in [2.05, 4.69) is 0 Å². The molecular weight excluding hydrogens is 286 g/mol. The quantitative estimate of drug-likeness (QED) is 0.619. The van der Waals surface area contributed by atoms with Crippen LogP contribution in [0.4, 0.5) is 14.5 Å². The molecule has 6 nitrogen and oxygen atoms in total. The van der Waals surface area contributed by atoms with Crippen LogP contribution in [0.3, 0.4) is 0 Å². The minimum Gasteiger partial charge on any atom is -0.377 e. The number of ether oxygens (including phenoxy) is 1. The fraction of sp³-hybridized carbons (Fsp3) is 0.462. The molecule has 0 saturated carbocycles. The molecule has 114 valence electrons. The molecule has 0 N–H and O–H groups in total. The summed E-state index contributed by atoms with van der Waals surface area (Å²) in [4.78, 5) is 23.4. The van der Waals surface area contributed by atoms with Gasteiger partial charge in [0.25, 0.3) is 5.91 Å². The number of hydrogen-bond acceptors (Lipinski definition) is 4. The molecule has 1 aromatic rings. The molecule has 0 bridgehead atoms. The smallest absolute Gasteiger partial charge is 0.308 e. The Labute approximate surface area is 119 Å². The van der Waals surface area contributed by atoms with Gasteiger partial charge in [-0.1, -0.05) is 0 Å². The molecule has 1 saturated heterocycles. The van der Waals surface area contributed by atoms with E-state index >= 15 is 0 Å². The van der Waals surface area contributed by atoms with Gasteiger partial charge in [0.1, 0.15) is 5.82 Å². The van der Waals surface area contributed by atoms with Crippen LogP contribution in [0.25, 0.3) is 0 Å². The molecule has 1 amide bonds. The van der Waals surface area contributed by atoms with Crippen LogP contribution in [0.15, 0.2) is 12.1 Å². The van der Waals surface area contributed by atoms with Crippen LogP contribution in [0, 0.1) is 21.7 Å². The summed E-state index contributed by atoms with van der Waals surface area (Å²) in [5.41, 5.74) is -2.40. The van der Waals surface area contributed by atoms with Gasteiger partial charge in [-0.3, -0.25) is 14.9 Å². The number of carbonyl (C=O) groups excluding carboxylic acids is 1. The molecule has 0 aromatic heterocycles. The summed E-state index contributed by atoms with van der Waals surface area (Å²) in [6.45, 7) is 4.16. The predicted octanol–water partition coefficient (Wildman–Crippen LogP) is 2.12. The SMILES string of the molecule is CC1(C)COCCN1C(=O)c1cc(F)cc([N+](=O)[O-])c1F. The maximum absolute atomic E-state index is 14.1. The summed E-state index contributed by atoms with van der Waals surface area (Å²) >= 11 is 0. The number of nitro groups is 1. The summed E-state index contributed by atoms with van der Waals surface area (Å²) in [6, 6.07) is 1.13. The Hall–Kier alpha value is -2.09. The summed E-state index contributed by atoms with van der Waals surface area (Å²) < 4.78 is 32.7. The number of nitrogens with zero attached hydrogens (tertiary/aromatic N) is 2. The first kappa shape index (κ1) is 15.3. The molecule has 0 radical (unpaired) electrons. The van der Waals surface area contributed by atoms with Gasteiger partial charge < -0.3 is 9.64 Å². The molecule has 2 rings (SSSR count). The third-order valence-corrected chi connectivity index (χ3v) is 3.34. The molecule has 1 aromatic carbocycles. The molecular formula is C13H14F2N2O4. The van der Waals surface area contributed by atoms with Crippen molar-refractivity contribution in [2.75, 3.05) is 19.8 Å². The minimum absolute atomic E-state index is 0.204. The lowest BCUT2D eigenvalue weighted by atomic mass is 10.0. The van der Waals surface area contributed by atoms with Gasteiger partial charge in [-0.15, -0.1) is 0 Å². The average molecular weight is 300 g/mol. The summed E-state index contributed by atoms with van der Waals surface area (Å²) in [7, 11) is 0. The zero-order valence-corrected chi connectivity index (χ0v) is 11.6. The van der Waals surface area contributed by atoms with Crippen molar-refractivity contribution in [2.24, 2.45) is 0 Å². The predicted molar refractivity (Wildman–Crippen MR) is 68.9 cm³/mol. The fourth-order valence-corrected chi connectivity index (χ4v) is 2.24. The Balaban J connectivity index is 2.46. The normalized spacial score (nSPS) is 17.6. The van der Waals surface area contributed by atoms with Crippen LogP contribution < -0.4 is 0 Å². The van der Waals surface area contributed by atoms with E-state index in [1.807, 2.05) is 0 Å². The number of nitro benzene ring substituents is 1. The molecule has 1 heterocycles. The van der Waals surface area contributed by atoms with Gasteiger partial charge in [0, 0.05) is 6.54 Å². The summed E-state index contributed by atoms with van der Waals surface area (Å²) in [6.07, 6.45) is 0. The Morgan fingerprint density at radius 1 is 1.43 bits per heavy atom. The van der Waals surface area contributed by atoms with Crippen LogP contribution in [-0.2, 0) is 4.74 Å². The van der Waals surface area contributed by atoms with Gasteiger partial charge >= 0.3 is 5.69 Å². The van der Waals surface area contributed by atoms with E-state index in [1.54, 1.807) is 13.8 Å². The van der Waals surface area contributed by atoms with E-state index < -0.39 is 39.3 Å². The number of halogens is 2. The van der Waals surface area contributed by atoms with Crippen molar-refractivity contribution in [1.82, 2.24) is 4.90 Å². The largest absolute Gasteiger partial charge is 0.377 e. The molecule has 1 aliphatic heterocycles. The highest BCUT2D eigenvalue weighted by atomic mass is 19.1. The summed E-state index contributed by atoms with van der Waals surface area (Å²) in [5.74, 6) is -3.14.